The van der Waals surface area contributed by atoms with Crippen molar-refractivity contribution in [3.63, 3.8) is 0 Å². The van der Waals surface area contributed by atoms with Crippen LogP contribution in [0, 0.1) is 0 Å². The lowest BCUT2D eigenvalue weighted by Gasteiger charge is -2.37. The molecule has 3 nitrogen and oxygen atoms in total. The monoisotopic (exact) mass is 197 g/mol. The topological polar surface area (TPSA) is 18.5 Å². The van der Waals surface area contributed by atoms with Crippen molar-refractivity contribution in [3.05, 3.63) is 12.2 Å². The molecule has 0 spiro atoms. The predicted octanol–water partition coefficient (Wildman–Crippen LogP) is 0.398. The molecule has 1 atom stereocenters. The van der Waals surface area contributed by atoms with E-state index in [9.17, 15) is 0 Å². The van der Waals surface area contributed by atoms with Gasteiger partial charge in [0.15, 0.2) is 0 Å². The van der Waals surface area contributed by atoms with Crippen LogP contribution in [0.1, 0.15) is 6.92 Å². The van der Waals surface area contributed by atoms with Gasteiger partial charge in [-0.3, -0.25) is 4.90 Å². The predicted molar refractivity (Wildman–Crippen MR) is 61.6 cm³/mol. The van der Waals surface area contributed by atoms with Gasteiger partial charge in [-0.1, -0.05) is 6.58 Å². The molecule has 3 heteroatoms. The van der Waals surface area contributed by atoms with Crippen molar-refractivity contribution in [1.82, 2.24) is 15.1 Å². The first kappa shape index (κ1) is 11.7. The average molecular weight is 197 g/mol. The molecular weight excluding hydrogens is 174 g/mol. The maximum Gasteiger partial charge on any atom is 0.0204 e. The van der Waals surface area contributed by atoms with Gasteiger partial charge in [0.2, 0.25) is 0 Å². The molecule has 1 fully saturated rings. The zero-order chi connectivity index (χ0) is 10.6. The van der Waals surface area contributed by atoms with Crippen molar-refractivity contribution in [3.8, 4) is 0 Å². The molecule has 0 radical (unpaired) electrons. The smallest absolute Gasteiger partial charge is 0.0204 e. The van der Waals surface area contributed by atoms with Gasteiger partial charge in [-0.05, 0) is 26.6 Å². The van der Waals surface area contributed by atoms with Crippen LogP contribution in [0.3, 0.4) is 0 Å². The largest absolute Gasteiger partial charge is 0.316 e. The first-order valence-corrected chi connectivity index (χ1v) is 5.37. The molecule has 1 aliphatic rings. The van der Waals surface area contributed by atoms with Crippen LogP contribution in [-0.2, 0) is 0 Å². The van der Waals surface area contributed by atoms with Gasteiger partial charge in [0.1, 0.15) is 0 Å². The number of hydrogen-bond donors (Lipinski definition) is 1. The Morgan fingerprint density at radius 3 is 2.79 bits per heavy atom. The van der Waals surface area contributed by atoms with Crippen LogP contribution in [0.2, 0.25) is 0 Å². The molecule has 82 valence electrons. The van der Waals surface area contributed by atoms with E-state index >= 15 is 0 Å². The van der Waals surface area contributed by atoms with Gasteiger partial charge in [0.25, 0.3) is 0 Å². The number of piperazine rings is 1. The Morgan fingerprint density at radius 2 is 2.21 bits per heavy atom. The Labute approximate surface area is 87.8 Å². The maximum absolute atomic E-state index is 4.06. The lowest BCUT2D eigenvalue weighted by Crippen LogP contribution is -2.50. The number of rotatable bonds is 4. The van der Waals surface area contributed by atoms with Crippen molar-refractivity contribution in [2.24, 2.45) is 0 Å². The van der Waals surface area contributed by atoms with E-state index in [-0.39, 0.29) is 0 Å². The summed E-state index contributed by atoms with van der Waals surface area (Å²) in [7, 11) is 4.17. The standard InChI is InChI=1S/C11H23N3/c1-10(7-12-3)8-14-6-5-13(4)11(2)9-14/h11-12H,1,5-9H2,2-4H3. The van der Waals surface area contributed by atoms with E-state index in [2.05, 4.69) is 35.7 Å². The first-order valence-electron chi connectivity index (χ1n) is 5.37. The summed E-state index contributed by atoms with van der Waals surface area (Å²) in [6.45, 7) is 11.8. The molecule has 0 aliphatic carbocycles. The summed E-state index contributed by atoms with van der Waals surface area (Å²) < 4.78 is 0. The highest BCUT2D eigenvalue weighted by Crippen LogP contribution is 2.08. The van der Waals surface area contributed by atoms with Crippen LogP contribution in [0.25, 0.3) is 0 Å². The Kier molecular flexibility index (Phi) is 4.58. The van der Waals surface area contributed by atoms with Crippen molar-refractivity contribution in [1.29, 1.82) is 0 Å². The zero-order valence-corrected chi connectivity index (χ0v) is 9.71. The minimum absolute atomic E-state index is 0.672. The molecule has 1 unspecified atom stereocenters. The van der Waals surface area contributed by atoms with Crippen LogP contribution in [0.4, 0.5) is 0 Å². The van der Waals surface area contributed by atoms with E-state index in [0.717, 1.165) is 13.1 Å². The third-order valence-corrected chi connectivity index (χ3v) is 2.92. The van der Waals surface area contributed by atoms with Crippen LogP contribution < -0.4 is 5.32 Å². The highest BCUT2D eigenvalue weighted by atomic mass is 15.3. The van der Waals surface area contributed by atoms with Crippen LogP contribution in [0.5, 0.6) is 0 Å². The fourth-order valence-corrected chi connectivity index (χ4v) is 1.89. The highest BCUT2D eigenvalue weighted by molar-refractivity contribution is 5.00. The van der Waals surface area contributed by atoms with E-state index in [1.165, 1.54) is 25.2 Å². The molecule has 0 aromatic heterocycles. The van der Waals surface area contributed by atoms with E-state index < -0.39 is 0 Å². The molecule has 0 bridgehead atoms. The van der Waals surface area contributed by atoms with Gasteiger partial charge in [-0.25, -0.2) is 0 Å². The molecule has 0 aromatic carbocycles. The van der Waals surface area contributed by atoms with Gasteiger partial charge in [-0.15, -0.1) is 0 Å². The summed E-state index contributed by atoms with van der Waals surface area (Å²) >= 11 is 0. The third kappa shape index (κ3) is 3.40. The Balaban J connectivity index is 2.29. The molecule has 1 N–H and O–H groups in total. The normalized spacial score (nSPS) is 25.2. The van der Waals surface area contributed by atoms with Crippen LogP contribution in [0.15, 0.2) is 12.2 Å². The van der Waals surface area contributed by atoms with Crippen molar-refractivity contribution < 1.29 is 0 Å². The minimum atomic E-state index is 0.672. The molecule has 1 saturated heterocycles. The van der Waals surface area contributed by atoms with Gasteiger partial charge < -0.3 is 10.2 Å². The number of hydrogen-bond acceptors (Lipinski definition) is 3. The number of likely N-dealkylation sites (N-methyl/N-ethyl adjacent to an activating group) is 2. The van der Waals surface area contributed by atoms with Gasteiger partial charge in [-0.2, -0.15) is 0 Å². The van der Waals surface area contributed by atoms with Crippen molar-refractivity contribution in [2.45, 2.75) is 13.0 Å². The molecule has 0 amide bonds. The summed E-state index contributed by atoms with van der Waals surface area (Å²) in [6, 6.07) is 0.672. The second-order valence-electron chi connectivity index (χ2n) is 4.35. The molecule has 14 heavy (non-hydrogen) atoms. The van der Waals surface area contributed by atoms with E-state index in [1.807, 2.05) is 7.05 Å². The van der Waals surface area contributed by atoms with Crippen molar-refractivity contribution >= 4 is 0 Å². The second kappa shape index (κ2) is 5.49. The van der Waals surface area contributed by atoms with E-state index in [0.29, 0.717) is 6.04 Å². The third-order valence-electron chi connectivity index (χ3n) is 2.92. The summed E-state index contributed by atoms with van der Waals surface area (Å²) in [5.74, 6) is 0. The fourth-order valence-electron chi connectivity index (χ4n) is 1.89. The summed E-state index contributed by atoms with van der Waals surface area (Å²) in [4.78, 5) is 4.90. The Bertz CT molecular complexity index is 191. The minimum Gasteiger partial charge on any atom is -0.316 e. The van der Waals surface area contributed by atoms with Crippen LogP contribution in [-0.4, -0.2) is 62.7 Å². The molecule has 1 heterocycles. The lowest BCUT2D eigenvalue weighted by molar-refractivity contribution is 0.112. The van der Waals surface area contributed by atoms with E-state index in [4.69, 9.17) is 0 Å². The van der Waals surface area contributed by atoms with Gasteiger partial charge in [0, 0.05) is 38.8 Å². The van der Waals surface area contributed by atoms with Gasteiger partial charge in [0.05, 0.1) is 0 Å². The maximum atomic E-state index is 4.06. The lowest BCUT2D eigenvalue weighted by atomic mass is 10.2. The Morgan fingerprint density at radius 1 is 1.50 bits per heavy atom. The number of nitrogens with zero attached hydrogens (tertiary/aromatic N) is 2. The molecule has 0 aromatic rings. The second-order valence-corrected chi connectivity index (χ2v) is 4.35. The number of nitrogens with one attached hydrogen (secondary N) is 1. The fraction of sp³-hybridized carbons (Fsp3) is 0.818. The average Bonchev–Trinajstić information content (AvgIpc) is 2.12. The first-order chi connectivity index (χ1) is 6.63. The SMILES string of the molecule is C=C(CNC)CN1CCN(C)C(C)C1. The summed E-state index contributed by atoms with van der Waals surface area (Å²) in [6.07, 6.45) is 0. The van der Waals surface area contributed by atoms with E-state index in [1.54, 1.807) is 0 Å². The molecule has 0 saturated carbocycles. The van der Waals surface area contributed by atoms with Crippen LogP contribution >= 0.6 is 0 Å². The zero-order valence-electron chi connectivity index (χ0n) is 9.71. The summed E-state index contributed by atoms with van der Waals surface area (Å²) in [5, 5.41) is 3.14. The molecule has 1 aliphatic heterocycles. The van der Waals surface area contributed by atoms with Crippen molar-refractivity contribution in [2.75, 3.05) is 46.8 Å². The molecular formula is C11H23N3. The van der Waals surface area contributed by atoms with Gasteiger partial charge >= 0.3 is 0 Å². The Hall–Kier alpha value is -0.380. The highest BCUT2D eigenvalue weighted by Gasteiger charge is 2.20. The quantitative estimate of drug-likeness (QED) is 0.658. The molecule has 1 rings (SSSR count). The summed E-state index contributed by atoms with van der Waals surface area (Å²) in [5.41, 5.74) is 1.28.